The van der Waals surface area contributed by atoms with Crippen molar-refractivity contribution in [1.29, 1.82) is 0 Å². The molecule has 0 aromatic carbocycles. The Labute approximate surface area is 142 Å². The van der Waals surface area contributed by atoms with Gasteiger partial charge in [-0.15, -0.1) is 0 Å². The number of carbonyl (C=O) groups is 1. The fourth-order valence-electron chi connectivity index (χ4n) is 7.16. The second-order valence-corrected chi connectivity index (χ2v) is 9.23. The van der Waals surface area contributed by atoms with E-state index in [4.69, 9.17) is 0 Å². The van der Waals surface area contributed by atoms with Gasteiger partial charge in [-0.25, -0.2) is 0 Å². The van der Waals surface area contributed by atoms with Crippen molar-refractivity contribution < 1.29 is 4.79 Å². The molecule has 128 valence electrons. The van der Waals surface area contributed by atoms with Crippen molar-refractivity contribution in [2.24, 2.45) is 35.0 Å². The van der Waals surface area contributed by atoms with Crippen LogP contribution in [0.1, 0.15) is 84.5 Å². The Morgan fingerprint density at radius 3 is 2.74 bits per heavy atom. The lowest BCUT2D eigenvalue weighted by Crippen LogP contribution is -2.47. The molecule has 1 nitrogen and oxygen atoms in total. The van der Waals surface area contributed by atoms with Crippen LogP contribution < -0.4 is 0 Å². The van der Waals surface area contributed by atoms with E-state index in [1.807, 2.05) is 5.57 Å². The Balaban J connectivity index is 1.55. The van der Waals surface area contributed by atoms with Gasteiger partial charge in [0.15, 0.2) is 0 Å². The molecule has 4 aliphatic carbocycles. The molecule has 6 atom stereocenters. The van der Waals surface area contributed by atoms with Crippen LogP contribution in [0.25, 0.3) is 0 Å². The average Bonchev–Trinajstić information content (AvgIpc) is 2.89. The van der Waals surface area contributed by atoms with Crippen molar-refractivity contribution in [2.75, 3.05) is 0 Å². The molecule has 0 unspecified atom stereocenters. The summed E-state index contributed by atoms with van der Waals surface area (Å²) >= 11 is 0. The van der Waals surface area contributed by atoms with Crippen LogP contribution in [0.2, 0.25) is 0 Å². The van der Waals surface area contributed by atoms with Gasteiger partial charge < -0.3 is 0 Å². The first-order valence-corrected chi connectivity index (χ1v) is 10.3. The minimum Gasteiger partial charge on any atom is -0.300 e. The second kappa shape index (κ2) is 6.05. The lowest BCUT2D eigenvalue weighted by Gasteiger charge is -2.54. The van der Waals surface area contributed by atoms with Gasteiger partial charge in [0.1, 0.15) is 5.78 Å². The Hall–Kier alpha value is -0.590. The number of ketones is 1. The van der Waals surface area contributed by atoms with Crippen molar-refractivity contribution >= 4 is 5.78 Å². The maximum absolute atomic E-state index is 11.8. The van der Waals surface area contributed by atoms with Gasteiger partial charge in [-0.3, -0.25) is 4.79 Å². The number of unbranched alkanes of at least 4 members (excludes halogenated alkanes) is 1. The van der Waals surface area contributed by atoms with Crippen molar-refractivity contribution in [1.82, 2.24) is 0 Å². The Morgan fingerprint density at radius 2 is 1.91 bits per heavy atom. The third-order valence-corrected chi connectivity index (χ3v) is 8.29. The summed E-state index contributed by atoms with van der Waals surface area (Å²) in [6.45, 7) is 4.90. The zero-order chi connectivity index (χ0) is 16.0. The minimum atomic E-state index is 0.521. The first-order valence-electron chi connectivity index (χ1n) is 10.3. The van der Waals surface area contributed by atoms with Crippen LogP contribution in [0, 0.1) is 35.0 Å². The molecule has 0 aliphatic heterocycles. The van der Waals surface area contributed by atoms with Gasteiger partial charge in [0, 0.05) is 12.8 Å². The number of fused-ring (bicyclic) bond motifs is 5. The summed E-state index contributed by atoms with van der Waals surface area (Å²) in [5.74, 6) is 5.05. The second-order valence-electron chi connectivity index (χ2n) is 9.23. The molecular weight excluding hydrogens is 280 g/mol. The summed E-state index contributed by atoms with van der Waals surface area (Å²) in [5, 5.41) is 0. The highest BCUT2D eigenvalue weighted by Gasteiger charge is 2.55. The maximum Gasteiger partial charge on any atom is 0.133 e. The molecule has 0 radical (unpaired) electrons. The molecule has 0 aromatic rings. The number of hydrogen-bond acceptors (Lipinski definition) is 1. The fraction of sp³-hybridized carbons (Fsp3) is 0.864. The molecule has 4 aliphatic rings. The molecule has 23 heavy (non-hydrogen) atoms. The highest BCUT2D eigenvalue weighted by atomic mass is 16.1. The lowest BCUT2D eigenvalue weighted by atomic mass is 9.50. The van der Waals surface area contributed by atoms with Gasteiger partial charge in [0.2, 0.25) is 0 Å². The predicted octanol–water partition coefficient (Wildman–Crippen LogP) is 5.93. The largest absolute Gasteiger partial charge is 0.300 e. The van der Waals surface area contributed by atoms with E-state index in [1.54, 1.807) is 0 Å². The molecule has 0 amide bonds. The molecule has 0 aromatic heterocycles. The van der Waals surface area contributed by atoms with Crippen LogP contribution in [-0.2, 0) is 4.79 Å². The molecule has 0 N–H and O–H groups in total. The SMILES string of the molecule is CCC/C=C1/CC[C@H]2[C@@H]3CC[C@H]4CC(=O)CC[C@@H]4[C@H]3CC[C@]12C. The average molecular weight is 315 g/mol. The smallest absolute Gasteiger partial charge is 0.133 e. The summed E-state index contributed by atoms with van der Waals surface area (Å²) in [4.78, 5) is 11.8. The van der Waals surface area contributed by atoms with E-state index in [1.165, 1.54) is 57.8 Å². The van der Waals surface area contributed by atoms with E-state index in [-0.39, 0.29) is 0 Å². The lowest BCUT2D eigenvalue weighted by molar-refractivity contribution is -0.126. The Morgan fingerprint density at radius 1 is 1.04 bits per heavy atom. The zero-order valence-electron chi connectivity index (χ0n) is 15.2. The van der Waals surface area contributed by atoms with Gasteiger partial charge >= 0.3 is 0 Å². The summed E-state index contributed by atoms with van der Waals surface area (Å²) < 4.78 is 0. The molecule has 0 saturated heterocycles. The topological polar surface area (TPSA) is 17.1 Å². The summed E-state index contributed by atoms with van der Waals surface area (Å²) in [5.41, 5.74) is 2.33. The molecule has 4 rings (SSSR count). The summed E-state index contributed by atoms with van der Waals surface area (Å²) in [7, 11) is 0. The molecule has 0 bridgehead atoms. The highest BCUT2D eigenvalue weighted by molar-refractivity contribution is 5.79. The fourth-order valence-corrected chi connectivity index (χ4v) is 7.16. The van der Waals surface area contributed by atoms with Gasteiger partial charge in [0.25, 0.3) is 0 Å². The van der Waals surface area contributed by atoms with E-state index in [9.17, 15) is 4.79 Å². The number of hydrogen-bond donors (Lipinski definition) is 0. The summed E-state index contributed by atoms with van der Waals surface area (Å²) in [6, 6.07) is 0. The van der Waals surface area contributed by atoms with Crippen LogP contribution in [0.5, 0.6) is 0 Å². The highest BCUT2D eigenvalue weighted by Crippen LogP contribution is 2.63. The molecule has 1 heteroatoms. The quantitative estimate of drug-likeness (QED) is 0.577. The van der Waals surface area contributed by atoms with Crippen molar-refractivity contribution in [3.05, 3.63) is 11.6 Å². The molecule has 0 heterocycles. The van der Waals surface area contributed by atoms with E-state index >= 15 is 0 Å². The third-order valence-electron chi connectivity index (χ3n) is 8.29. The minimum absolute atomic E-state index is 0.521. The normalized spacial score (nSPS) is 48.0. The predicted molar refractivity (Wildman–Crippen MR) is 95.1 cm³/mol. The van der Waals surface area contributed by atoms with Crippen molar-refractivity contribution in [2.45, 2.75) is 84.5 Å². The molecule has 0 spiro atoms. The molecule has 4 fully saturated rings. The van der Waals surface area contributed by atoms with Gasteiger partial charge in [0.05, 0.1) is 0 Å². The van der Waals surface area contributed by atoms with E-state index in [2.05, 4.69) is 19.9 Å². The van der Waals surface area contributed by atoms with E-state index < -0.39 is 0 Å². The standard InChI is InChI=1S/C22H34O/c1-3-4-5-16-7-11-21-20-9-6-15-14-17(23)8-10-18(15)19(20)12-13-22(16,21)2/h5,15,18-21H,3-4,6-14H2,1-2H3/b16-5-/t15-,18-,19+,20+,21-,22+/m0/s1. The van der Waals surface area contributed by atoms with Gasteiger partial charge in [-0.1, -0.05) is 31.9 Å². The molecular formula is C22H34O. The van der Waals surface area contributed by atoms with Crippen molar-refractivity contribution in [3.63, 3.8) is 0 Å². The first kappa shape index (κ1) is 15.9. The third kappa shape index (κ3) is 2.53. The number of allylic oxidation sites excluding steroid dienone is 2. The van der Waals surface area contributed by atoms with Crippen LogP contribution in [-0.4, -0.2) is 5.78 Å². The summed E-state index contributed by atoms with van der Waals surface area (Å²) in [6.07, 6.45) is 16.6. The van der Waals surface area contributed by atoms with Crippen LogP contribution in [0.4, 0.5) is 0 Å². The van der Waals surface area contributed by atoms with Crippen molar-refractivity contribution in [3.8, 4) is 0 Å². The van der Waals surface area contributed by atoms with Crippen LogP contribution in [0.3, 0.4) is 0 Å². The Bertz CT molecular complexity index is 504. The van der Waals surface area contributed by atoms with Gasteiger partial charge in [-0.2, -0.15) is 0 Å². The van der Waals surface area contributed by atoms with Crippen LogP contribution >= 0.6 is 0 Å². The van der Waals surface area contributed by atoms with Crippen LogP contribution in [0.15, 0.2) is 11.6 Å². The molecule has 4 saturated carbocycles. The zero-order valence-corrected chi connectivity index (χ0v) is 15.2. The number of rotatable bonds is 2. The van der Waals surface area contributed by atoms with E-state index in [0.29, 0.717) is 11.2 Å². The van der Waals surface area contributed by atoms with Gasteiger partial charge in [-0.05, 0) is 86.4 Å². The number of carbonyl (C=O) groups excluding carboxylic acids is 1. The first-order chi connectivity index (χ1) is 11.1. The Kier molecular flexibility index (Phi) is 4.18. The monoisotopic (exact) mass is 314 g/mol. The maximum atomic E-state index is 11.8. The van der Waals surface area contributed by atoms with E-state index in [0.717, 1.165) is 42.4 Å². The number of Topliss-reactive ketones (excluding diaryl/α,β-unsaturated/α-hetero) is 1.